The van der Waals surface area contributed by atoms with E-state index in [9.17, 15) is 26.9 Å². The lowest BCUT2D eigenvalue weighted by molar-refractivity contribution is -0.387. The van der Waals surface area contributed by atoms with E-state index < -0.39 is 47.2 Å². The molecule has 0 aliphatic heterocycles. The van der Waals surface area contributed by atoms with Gasteiger partial charge in [-0.25, -0.2) is 21.6 Å². The molecule has 0 saturated heterocycles. The summed E-state index contributed by atoms with van der Waals surface area (Å²) in [6.45, 7) is 1.35. The molecule has 3 N–H and O–H groups in total. The maximum Gasteiger partial charge on any atom is 0.291 e. The fourth-order valence-corrected chi connectivity index (χ4v) is 4.21. The molecule has 1 atom stereocenters. The van der Waals surface area contributed by atoms with Crippen LogP contribution in [0, 0.1) is 10.1 Å². The number of anilines is 1. The van der Waals surface area contributed by atoms with Gasteiger partial charge in [0.15, 0.2) is 4.90 Å². The van der Waals surface area contributed by atoms with Gasteiger partial charge in [0.05, 0.1) is 10.7 Å². The van der Waals surface area contributed by atoms with Crippen molar-refractivity contribution in [2.75, 3.05) is 17.7 Å². The van der Waals surface area contributed by atoms with Crippen LogP contribution in [0.25, 0.3) is 0 Å². The molecule has 0 heterocycles. The van der Waals surface area contributed by atoms with Crippen molar-refractivity contribution in [2.24, 2.45) is 0 Å². The number of sulfone groups is 1. The Hall–Kier alpha value is -1.72. The number of sulfonamides is 1. The highest BCUT2D eigenvalue weighted by Gasteiger charge is 2.28. The van der Waals surface area contributed by atoms with Crippen molar-refractivity contribution in [2.45, 2.75) is 17.9 Å². The lowest BCUT2D eigenvalue weighted by Gasteiger charge is -2.13. The van der Waals surface area contributed by atoms with Gasteiger partial charge in [-0.3, -0.25) is 10.1 Å². The molecule has 1 aromatic carbocycles. The average molecular weight is 337 g/mol. The number of hydrogen-bond donors (Lipinski definition) is 2. The monoisotopic (exact) mass is 337 g/mol. The van der Waals surface area contributed by atoms with Gasteiger partial charge in [0.2, 0.25) is 10.0 Å². The minimum Gasteiger partial charge on any atom is -0.399 e. The fraction of sp³-hybridized carbons (Fsp3) is 0.400. The number of nitrogen functional groups attached to an aromatic ring is 1. The van der Waals surface area contributed by atoms with Crippen LogP contribution in [0.2, 0.25) is 0 Å². The Balaban J connectivity index is 3.17. The maximum absolute atomic E-state index is 12.1. The van der Waals surface area contributed by atoms with Crippen LogP contribution in [0.3, 0.4) is 0 Å². The third-order valence-corrected chi connectivity index (χ3v) is 5.12. The van der Waals surface area contributed by atoms with Gasteiger partial charge in [-0.2, -0.15) is 0 Å². The lowest BCUT2D eigenvalue weighted by atomic mass is 10.3. The number of nitrogens with one attached hydrogen (secondary N) is 1. The van der Waals surface area contributed by atoms with Crippen molar-refractivity contribution in [3.8, 4) is 0 Å². The van der Waals surface area contributed by atoms with Gasteiger partial charge in [-0.05, 0) is 19.1 Å². The van der Waals surface area contributed by atoms with Crippen LogP contribution in [0.15, 0.2) is 23.1 Å². The molecule has 0 amide bonds. The highest BCUT2D eigenvalue weighted by molar-refractivity contribution is 7.91. The summed E-state index contributed by atoms with van der Waals surface area (Å²) in [5.41, 5.74) is 4.77. The topological polar surface area (TPSA) is 149 Å². The van der Waals surface area contributed by atoms with Gasteiger partial charge in [0, 0.05) is 24.1 Å². The summed E-state index contributed by atoms with van der Waals surface area (Å²) in [5, 5.41) is 10.9. The van der Waals surface area contributed by atoms with Crippen molar-refractivity contribution in [1.82, 2.24) is 4.72 Å². The van der Waals surface area contributed by atoms with Crippen LogP contribution >= 0.6 is 0 Å². The fourth-order valence-electron chi connectivity index (χ4n) is 1.72. The maximum atomic E-state index is 12.1. The first-order valence-electron chi connectivity index (χ1n) is 5.66. The highest BCUT2D eigenvalue weighted by Crippen LogP contribution is 2.26. The molecule has 1 rings (SSSR count). The second kappa shape index (κ2) is 5.95. The van der Waals surface area contributed by atoms with E-state index in [1.807, 2.05) is 0 Å². The quantitative estimate of drug-likeness (QED) is 0.417. The number of hydrogen-bond acceptors (Lipinski definition) is 7. The number of nitro benzene ring substituents is 1. The predicted molar refractivity (Wildman–Crippen MR) is 77.0 cm³/mol. The predicted octanol–water partition coefficient (Wildman–Crippen LogP) is -0.112. The smallest absolute Gasteiger partial charge is 0.291 e. The molecule has 9 nitrogen and oxygen atoms in total. The molecule has 21 heavy (non-hydrogen) atoms. The van der Waals surface area contributed by atoms with Gasteiger partial charge in [-0.1, -0.05) is 0 Å². The summed E-state index contributed by atoms with van der Waals surface area (Å²) >= 11 is 0. The molecule has 0 aliphatic rings. The van der Waals surface area contributed by atoms with Crippen molar-refractivity contribution in [3.05, 3.63) is 28.3 Å². The zero-order valence-electron chi connectivity index (χ0n) is 11.3. The first-order chi connectivity index (χ1) is 9.42. The number of nitrogens with two attached hydrogens (primary N) is 1. The Bertz CT molecular complexity index is 757. The van der Waals surface area contributed by atoms with Gasteiger partial charge in [0.25, 0.3) is 5.69 Å². The summed E-state index contributed by atoms with van der Waals surface area (Å²) in [7, 11) is -7.63. The summed E-state index contributed by atoms with van der Waals surface area (Å²) in [6, 6.07) is 2.21. The zero-order valence-corrected chi connectivity index (χ0v) is 12.9. The van der Waals surface area contributed by atoms with E-state index in [1.54, 1.807) is 0 Å². The first kappa shape index (κ1) is 17.3. The van der Waals surface area contributed by atoms with Crippen LogP contribution < -0.4 is 10.5 Å². The Morgan fingerprint density at radius 3 is 2.38 bits per heavy atom. The van der Waals surface area contributed by atoms with Crippen LogP contribution in [0.4, 0.5) is 11.4 Å². The molecule has 0 saturated carbocycles. The number of nitrogens with zero attached hydrogens (tertiary/aromatic N) is 1. The first-order valence-corrected chi connectivity index (χ1v) is 9.21. The largest absolute Gasteiger partial charge is 0.399 e. The van der Waals surface area contributed by atoms with Crippen LogP contribution in [0.5, 0.6) is 0 Å². The van der Waals surface area contributed by atoms with Gasteiger partial charge in [-0.15, -0.1) is 0 Å². The van der Waals surface area contributed by atoms with E-state index in [1.165, 1.54) is 13.0 Å². The molecular formula is C10H15N3O6S2. The molecule has 0 fully saturated rings. The van der Waals surface area contributed by atoms with E-state index in [2.05, 4.69) is 4.72 Å². The third kappa shape index (κ3) is 4.95. The van der Waals surface area contributed by atoms with Crippen LogP contribution in [-0.4, -0.2) is 39.8 Å². The lowest BCUT2D eigenvalue weighted by Crippen LogP contribution is -2.37. The highest BCUT2D eigenvalue weighted by atomic mass is 32.2. The number of rotatable bonds is 6. The standard InChI is InChI=1S/C10H15N3O6S2/c1-7(6-20(2,16)17)12-21(18,19)10-4-3-8(11)5-9(10)13(14)15/h3-5,7,12H,6,11H2,1-2H3. The number of nitro groups is 1. The molecule has 1 aromatic rings. The van der Waals surface area contributed by atoms with E-state index in [-0.39, 0.29) is 5.69 Å². The second-order valence-corrected chi connectivity index (χ2v) is 8.47. The van der Waals surface area contributed by atoms with Crippen molar-refractivity contribution in [1.29, 1.82) is 0 Å². The van der Waals surface area contributed by atoms with Crippen LogP contribution in [0.1, 0.15) is 6.92 Å². The minimum atomic E-state index is -4.24. The molecule has 0 spiro atoms. The Morgan fingerprint density at radius 1 is 1.33 bits per heavy atom. The molecule has 0 aromatic heterocycles. The van der Waals surface area contributed by atoms with E-state index in [0.717, 1.165) is 18.4 Å². The van der Waals surface area contributed by atoms with E-state index in [0.29, 0.717) is 0 Å². The van der Waals surface area contributed by atoms with Gasteiger partial charge in [0.1, 0.15) is 9.84 Å². The molecule has 0 radical (unpaired) electrons. The molecular weight excluding hydrogens is 322 g/mol. The second-order valence-electron chi connectivity index (χ2n) is 4.60. The minimum absolute atomic E-state index is 0.0461. The molecule has 0 bridgehead atoms. The van der Waals surface area contributed by atoms with E-state index in [4.69, 9.17) is 5.73 Å². The van der Waals surface area contributed by atoms with Crippen molar-refractivity contribution < 1.29 is 21.8 Å². The summed E-state index contributed by atoms with van der Waals surface area (Å²) < 4.78 is 48.6. The van der Waals surface area contributed by atoms with Crippen LogP contribution in [-0.2, 0) is 19.9 Å². The summed E-state index contributed by atoms with van der Waals surface area (Å²) in [4.78, 5) is 9.46. The van der Waals surface area contributed by atoms with Gasteiger partial charge >= 0.3 is 0 Å². The molecule has 0 aliphatic carbocycles. The summed E-state index contributed by atoms with van der Waals surface area (Å²) in [6.07, 6.45) is 0.962. The van der Waals surface area contributed by atoms with Crippen molar-refractivity contribution in [3.63, 3.8) is 0 Å². The third-order valence-electron chi connectivity index (χ3n) is 2.38. The average Bonchev–Trinajstić information content (AvgIpc) is 2.24. The molecule has 11 heteroatoms. The SMILES string of the molecule is CC(CS(C)(=O)=O)NS(=O)(=O)c1ccc(N)cc1[N+](=O)[O-]. The summed E-state index contributed by atoms with van der Waals surface area (Å²) in [5.74, 6) is -0.422. The van der Waals surface area contributed by atoms with Crippen molar-refractivity contribution >= 4 is 31.2 Å². The Morgan fingerprint density at radius 2 is 1.90 bits per heavy atom. The zero-order chi connectivity index (χ0) is 16.4. The Kier molecular flexibility index (Phi) is 4.91. The molecule has 1 unspecified atom stereocenters. The molecule has 118 valence electrons. The van der Waals surface area contributed by atoms with Gasteiger partial charge < -0.3 is 5.73 Å². The normalized spacial score (nSPS) is 13.8. The number of benzene rings is 1. The van der Waals surface area contributed by atoms with E-state index >= 15 is 0 Å². The Labute approximate surface area is 122 Å².